The summed E-state index contributed by atoms with van der Waals surface area (Å²) in [5.74, 6) is 1.19. The van der Waals surface area contributed by atoms with Crippen LogP contribution in [0.3, 0.4) is 0 Å². The highest BCUT2D eigenvalue weighted by Crippen LogP contribution is 2.28. The summed E-state index contributed by atoms with van der Waals surface area (Å²) in [7, 11) is 1.74. The molecule has 1 aromatic carbocycles. The van der Waals surface area contributed by atoms with Crippen molar-refractivity contribution in [1.82, 2.24) is 16.0 Å². The van der Waals surface area contributed by atoms with E-state index in [-0.39, 0.29) is 11.8 Å². The van der Waals surface area contributed by atoms with E-state index in [1.807, 2.05) is 0 Å². The third-order valence-electron chi connectivity index (χ3n) is 3.43. The fraction of sp³-hybridized carbons (Fsp3) is 0.500. The number of nitrogens with one attached hydrogen (secondary N) is 3. The highest BCUT2D eigenvalue weighted by Gasteiger charge is 2.28. The Morgan fingerprint density at radius 2 is 2.00 bits per heavy atom. The lowest BCUT2D eigenvalue weighted by Crippen LogP contribution is -2.41. The van der Waals surface area contributed by atoms with Crippen molar-refractivity contribution in [3.05, 3.63) is 35.4 Å². The van der Waals surface area contributed by atoms with Gasteiger partial charge in [-0.15, -0.1) is 0 Å². The van der Waals surface area contributed by atoms with E-state index in [1.165, 1.54) is 11.1 Å². The molecule has 21 heavy (non-hydrogen) atoms. The first-order chi connectivity index (χ1) is 10.2. The molecule has 0 aromatic heterocycles. The first-order valence-electron chi connectivity index (χ1n) is 7.47. The zero-order chi connectivity index (χ0) is 15.1. The maximum absolute atomic E-state index is 11.5. The van der Waals surface area contributed by atoms with Crippen molar-refractivity contribution in [2.75, 3.05) is 20.1 Å². The maximum Gasteiger partial charge on any atom is 0.223 e. The van der Waals surface area contributed by atoms with Crippen LogP contribution in [0.4, 0.5) is 0 Å². The maximum atomic E-state index is 11.5. The molecule has 0 heterocycles. The Morgan fingerprint density at radius 1 is 1.24 bits per heavy atom. The molecule has 5 nitrogen and oxygen atoms in total. The third kappa shape index (κ3) is 5.45. The molecule has 0 spiro atoms. The Hall–Kier alpha value is -2.04. The summed E-state index contributed by atoms with van der Waals surface area (Å²) in [6, 6.07) is 8.37. The summed E-state index contributed by atoms with van der Waals surface area (Å²) in [4.78, 5) is 15.6. The van der Waals surface area contributed by atoms with Gasteiger partial charge in [0.1, 0.15) is 0 Å². The van der Waals surface area contributed by atoms with Crippen molar-refractivity contribution in [3.63, 3.8) is 0 Å². The molecule has 114 valence electrons. The lowest BCUT2D eigenvalue weighted by Gasteiger charge is -2.12. The summed E-state index contributed by atoms with van der Waals surface area (Å²) < 4.78 is 0. The van der Waals surface area contributed by atoms with Crippen LogP contribution in [-0.4, -0.2) is 32.0 Å². The van der Waals surface area contributed by atoms with E-state index in [2.05, 4.69) is 52.1 Å². The number of aliphatic imine (C=N–C) groups is 1. The fourth-order valence-corrected chi connectivity index (χ4v) is 2.08. The Morgan fingerprint density at radius 3 is 2.67 bits per heavy atom. The minimum Gasteiger partial charge on any atom is -0.355 e. The number of guanidine groups is 1. The molecule has 0 atom stereocenters. The van der Waals surface area contributed by atoms with Gasteiger partial charge in [0.15, 0.2) is 5.96 Å². The van der Waals surface area contributed by atoms with E-state index in [0.717, 1.165) is 25.3 Å². The summed E-state index contributed by atoms with van der Waals surface area (Å²) >= 11 is 0. The van der Waals surface area contributed by atoms with Gasteiger partial charge in [0.05, 0.1) is 0 Å². The second kappa shape index (κ2) is 7.67. The third-order valence-corrected chi connectivity index (χ3v) is 3.43. The number of benzene rings is 1. The number of carbonyl (C=O) groups excluding carboxylic acids is 1. The fourth-order valence-electron chi connectivity index (χ4n) is 2.08. The second-order valence-electron chi connectivity index (χ2n) is 5.41. The molecule has 1 aliphatic rings. The minimum atomic E-state index is 0.180. The molecule has 0 aliphatic heterocycles. The van der Waals surface area contributed by atoms with Crippen molar-refractivity contribution in [2.45, 2.75) is 26.3 Å². The number of aryl methyl sites for hydroxylation is 1. The first kappa shape index (κ1) is 15.4. The van der Waals surface area contributed by atoms with Gasteiger partial charge >= 0.3 is 0 Å². The number of carbonyl (C=O) groups is 1. The van der Waals surface area contributed by atoms with E-state index in [1.54, 1.807) is 7.05 Å². The molecular weight excluding hydrogens is 264 g/mol. The Labute approximate surface area is 126 Å². The minimum absolute atomic E-state index is 0.180. The average molecular weight is 288 g/mol. The molecule has 5 heteroatoms. The van der Waals surface area contributed by atoms with Crippen LogP contribution in [0.5, 0.6) is 0 Å². The molecular formula is C16H24N4O. The monoisotopic (exact) mass is 288 g/mol. The summed E-state index contributed by atoms with van der Waals surface area (Å²) in [6.07, 6.45) is 2.08. The Bertz CT molecular complexity index is 509. The number of rotatable bonds is 6. The summed E-state index contributed by atoms with van der Waals surface area (Å²) in [5, 5.41) is 9.38. The number of amides is 1. The molecule has 1 saturated carbocycles. The summed E-state index contributed by atoms with van der Waals surface area (Å²) in [5.41, 5.74) is 2.47. The second-order valence-corrected chi connectivity index (χ2v) is 5.41. The molecule has 1 fully saturated rings. The number of nitrogens with zero attached hydrogens (tertiary/aromatic N) is 1. The molecule has 0 unspecified atom stereocenters. The van der Waals surface area contributed by atoms with E-state index < -0.39 is 0 Å². The molecule has 1 aromatic rings. The van der Waals surface area contributed by atoms with Crippen LogP contribution < -0.4 is 16.0 Å². The van der Waals surface area contributed by atoms with Crippen LogP contribution in [0.15, 0.2) is 29.3 Å². The molecule has 0 saturated heterocycles. The predicted molar refractivity (Wildman–Crippen MR) is 85.1 cm³/mol. The van der Waals surface area contributed by atoms with Gasteiger partial charge in [-0.3, -0.25) is 9.79 Å². The molecule has 1 amide bonds. The number of hydrogen-bond donors (Lipinski definition) is 3. The molecule has 1 aliphatic carbocycles. The van der Waals surface area contributed by atoms with Crippen LogP contribution in [0.2, 0.25) is 0 Å². The predicted octanol–water partition coefficient (Wildman–Crippen LogP) is 1.19. The highest BCUT2D eigenvalue weighted by molar-refractivity contribution is 5.81. The van der Waals surface area contributed by atoms with E-state index in [9.17, 15) is 4.79 Å². The highest BCUT2D eigenvalue weighted by atomic mass is 16.2. The number of hydrogen-bond acceptors (Lipinski definition) is 2. The van der Waals surface area contributed by atoms with Crippen LogP contribution in [0, 0.1) is 12.8 Å². The zero-order valence-electron chi connectivity index (χ0n) is 12.8. The first-order valence-corrected chi connectivity index (χ1v) is 7.47. The van der Waals surface area contributed by atoms with Gasteiger partial charge < -0.3 is 16.0 Å². The molecule has 0 bridgehead atoms. The Kier molecular flexibility index (Phi) is 5.60. The average Bonchev–Trinajstić information content (AvgIpc) is 3.31. The van der Waals surface area contributed by atoms with E-state index in [4.69, 9.17) is 0 Å². The lowest BCUT2D eigenvalue weighted by atomic mass is 10.1. The molecule has 2 rings (SSSR count). The van der Waals surface area contributed by atoms with Crippen molar-refractivity contribution in [2.24, 2.45) is 10.9 Å². The van der Waals surface area contributed by atoms with Gasteiger partial charge in [-0.05, 0) is 25.3 Å². The summed E-state index contributed by atoms with van der Waals surface area (Å²) in [6.45, 7) is 4.11. The SMILES string of the molecule is CN=C(NCCNC(=O)C1CC1)NCc1cccc(C)c1. The van der Waals surface area contributed by atoms with E-state index >= 15 is 0 Å². The van der Waals surface area contributed by atoms with Crippen molar-refractivity contribution < 1.29 is 4.79 Å². The lowest BCUT2D eigenvalue weighted by molar-refractivity contribution is -0.122. The van der Waals surface area contributed by atoms with Gasteiger partial charge in [-0.25, -0.2) is 0 Å². The van der Waals surface area contributed by atoms with Crippen LogP contribution in [0.25, 0.3) is 0 Å². The van der Waals surface area contributed by atoms with Gasteiger partial charge in [0.2, 0.25) is 5.91 Å². The zero-order valence-corrected chi connectivity index (χ0v) is 12.8. The quantitative estimate of drug-likeness (QED) is 0.418. The van der Waals surface area contributed by atoms with Crippen molar-refractivity contribution >= 4 is 11.9 Å². The van der Waals surface area contributed by atoms with Gasteiger partial charge in [0, 0.05) is 32.6 Å². The van der Waals surface area contributed by atoms with Gasteiger partial charge in [-0.1, -0.05) is 29.8 Å². The van der Waals surface area contributed by atoms with E-state index in [0.29, 0.717) is 13.1 Å². The van der Waals surface area contributed by atoms with Crippen LogP contribution in [0.1, 0.15) is 24.0 Å². The smallest absolute Gasteiger partial charge is 0.223 e. The Balaban J connectivity index is 1.64. The van der Waals surface area contributed by atoms with Crippen molar-refractivity contribution in [3.8, 4) is 0 Å². The largest absolute Gasteiger partial charge is 0.355 e. The standard InChI is InChI=1S/C16H24N4O/c1-12-4-3-5-13(10-12)11-20-16(17-2)19-9-8-18-15(21)14-6-7-14/h3-5,10,14H,6-9,11H2,1-2H3,(H,18,21)(H2,17,19,20). The normalized spacial score (nSPS) is 14.7. The van der Waals surface area contributed by atoms with Crippen LogP contribution in [-0.2, 0) is 11.3 Å². The van der Waals surface area contributed by atoms with Crippen LogP contribution >= 0.6 is 0 Å². The topological polar surface area (TPSA) is 65.5 Å². The van der Waals surface area contributed by atoms with Gasteiger partial charge in [0.25, 0.3) is 0 Å². The molecule has 0 radical (unpaired) electrons. The molecule has 3 N–H and O–H groups in total. The van der Waals surface area contributed by atoms with Gasteiger partial charge in [-0.2, -0.15) is 0 Å². The van der Waals surface area contributed by atoms with Crippen molar-refractivity contribution in [1.29, 1.82) is 0 Å².